The van der Waals surface area contributed by atoms with E-state index in [2.05, 4.69) is 0 Å². The summed E-state index contributed by atoms with van der Waals surface area (Å²) in [7, 11) is 0. The second-order valence-electron chi connectivity index (χ2n) is 4.26. The van der Waals surface area contributed by atoms with Crippen LogP contribution in [-0.4, -0.2) is 24.5 Å². The number of nitrogens with two attached hydrogens (primary N) is 1. The molecule has 3 nitrogen and oxygen atoms in total. The number of Topliss-reactive ketones (excluding diaryl/α,β-unsaturated/α-hetero) is 1. The first-order chi connectivity index (χ1) is 8.01. The lowest BCUT2D eigenvalue weighted by Crippen LogP contribution is -2.51. The summed E-state index contributed by atoms with van der Waals surface area (Å²) in [5.74, 6) is -1.98. The first-order valence-electron chi connectivity index (χ1n) is 5.39. The van der Waals surface area contributed by atoms with Gasteiger partial charge in [-0.05, 0) is 25.0 Å². The maximum atomic E-state index is 13.0. The van der Waals surface area contributed by atoms with E-state index in [1.165, 1.54) is 0 Å². The standard InChI is InChI=1S/C12H13F2NO2/c13-9-5-8(6-10(14)7-9)11(16)12(15)1-3-17-4-2-12/h5-7H,1-4,15H2. The van der Waals surface area contributed by atoms with Crippen molar-refractivity contribution in [1.29, 1.82) is 0 Å². The summed E-state index contributed by atoms with van der Waals surface area (Å²) in [5.41, 5.74) is 4.87. The average molecular weight is 241 g/mol. The second-order valence-corrected chi connectivity index (χ2v) is 4.26. The van der Waals surface area contributed by atoms with Crippen molar-refractivity contribution < 1.29 is 18.3 Å². The van der Waals surface area contributed by atoms with E-state index in [0.29, 0.717) is 26.1 Å². The Balaban J connectivity index is 2.29. The summed E-state index contributed by atoms with van der Waals surface area (Å²) in [6, 6.07) is 2.74. The fourth-order valence-corrected chi connectivity index (χ4v) is 1.94. The number of rotatable bonds is 2. The fraction of sp³-hybridized carbons (Fsp3) is 0.417. The zero-order valence-electron chi connectivity index (χ0n) is 9.21. The van der Waals surface area contributed by atoms with Gasteiger partial charge in [0.1, 0.15) is 11.6 Å². The molecule has 0 atom stereocenters. The predicted molar refractivity (Wildman–Crippen MR) is 57.7 cm³/mol. The van der Waals surface area contributed by atoms with E-state index in [1.807, 2.05) is 0 Å². The minimum absolute atomic E-state index is 0.0214. The Kier molecular flexibility index (Phi) is 3.22. The molecule has 0 spiro atoms. The summed E-state index contributed by atoms with van der Waals surface area (Å²) < 4.78 is 31.2. The molecule has 0 radical (unpaired) electrons. The Bertz CT molecular complexity index is 422. The van der Waals surface area contributed by atoms with Crippen LogP contribution in [0.1, 0.15) is 23.2 Å². The quantitative estimate of drug-likeness (QED) is 0.801. The van der Waals surface area contributed by atoms with Crippen LogP contribution in [0.5, 0.6) is 0 Å². The van der Waals surface area contributed by atoms with Crippen LogP contribution < -0.4 is 5.73 Å². The van der Waals surface area contributed by atoms with Crippen LogP contribution in [0.2, 0.25) is 0 Å². The van der Waals surface area contributed by atoms with Gasteiger partial charge in [0.2, 0.25) is 0 Å². The third kappa shape index (κ3) is 2.50. The van der Waals surface area contributed by atoms with Crippen LogP contribution in [0.15, 0.2) is 18.2 Å². The summed E-state index contributed by atoms with van der Waals surface area (Å²) >= 11 is 0. The number of carbonyl (C=O) groups is 1. The monoisotopic (exact) mass is 241 g/mol. The molecule has 2 rings (SSSR count). The molecular weight excluding hydrogens is 228 g/mol. The molecule has 0 unspecified atom stereocenters. The molecule has 1 fully saturated rings. The number of benzene rings is 1. The Morgan fingerprint density at radius 2 is 1.71 bits per heavy atom. The summed E-state index contributed by atoms with van der Waals surface area (Å²) in [6.45, 7) is 0.778. The highest BCUT2D eigenvalue weighted by atomic mass is 19.1. The van der Waals surface area contributed by atoms with Gasteiger partial charge >= 0.3 is 0 Å². The minimum Gasteiger partial charge on any atom is -0.381 e. The molecular formula is C12H13F2NO2. The highest BCUT2D eigenvalue weighted by Gasteiger charge is 2.36. The molecule has 92 valence electrons. The molecule has 1 aliphatic heterocycles. The van der Waals surface area contributed by atoms with Crippen molar-refractivity contribution in [2.75, 3.05) is 13.2 Å². The van der Waals surface area contributed by atoms with Crippen LogP contribution in [0, 0.1) is 11.6 Å². The van der Waals surface area contributed by atoms with Crippen molar-refractivity contribution >= 4 is 5.78 Å². The van der Waals surface area contributed by atoms with E-state index >= 15 is 0 Å². The average Bonchev–Trinajstić information content (AvgIpc) is 2.27. The van der Waals surface area contributed by atoms with Crippen molar-refractivity contribution in [2.24, 2.45) is 5.73 Å². The highest BCUT2D eigenvalue weighted by molar-refractivity contribution is 6.03. The normalized spacial score (nSPS) is 19.0. The molecule has 0 aromatic heterocycles. The Morgan fingerprint density at radius 1 is 1.18 bits per heavy atom. The molecule has 1 aromatic carbocycles. The second kappa shape index (κ2) is 4.50. The van der Waals surface area contributed by atoms with E-state index in [9.17, 15) is 13.6 Å². The molecule has 0 amide bonds. The van der Waals surface area contributed by atoms with Gasteiger partial charge < -0.3 is 10.5 Å². The van der Waals surface area contributed by atoms with Gasteiger partial charge in [-0.25, -0.2) is 8.78 Å². The number of hydrogen-bond acceptors (Lipinski definition) is 3. The van der Waals surface area contributed by atoms with Gasteiger partial charge in [0.05, 0.1) is 5.54 Å². The summed E-state index contributed by atoms with van der Waals surface area (Å²) in [4.78, 5) is 12.1. The molecule has 0 saturated carbocycles. The van der Waals surface area contributed by atoms with Crippen LogP contribution in [0.25, 0.3) is 0 Å². The van der Waals surface area contributed by atoms with Crippen molar-refractivity contribution in [2.45, 2.75) is 18.4 Å². The van der Waals surface area contributed by atoms with E-state index in [0.717, 1.165) is 18.2 Å². The first-order valence-corrected chi connectivity index (χ1v) is 5.39. The molecule has 5 heteroatoms. The number of ether oxygens (including phenoxy) is 1. The summed E-state index contributed by atoms with van der Waals surface area (Å²) in [6.07, 6.45) is 0.730. The van der Waals surface area contributed by atoms with E-state index < -0.39 is 23.0 Å². The Morgan fingerprint density at radius 3 is 2.24 bits per heavy atom. The molecule has 2 N–H and O–H groups in total. The minimum atomic E-state index is -1.07. The Labute approximate surface area is 97.6 Å². The lowest BCUT2D eigenvalue weighted by atomic mass is 9.83. The van der Waals surface area contributed by atoms with Gasteiger partial charge in [-0.2, -0.15) is 0 Å². The summed E-state index contributed by atoms with van der Waals surface area (Å²) in [5, 5.41) is 0. The van der Waals surface area contributed by atoms with Crippen molar-refractivity contribution in [3.05, 3.63) is 35.4 Å². The third-order valence-electron chi connectivity index (χ3n) is 2.96. The van der Waals surface area contributed by atoms with Crippen LogP contribution in [0.3, 0.4) is 0 Å². The van der Waals surface area contributed by atoms with Crippen molar-refractivity contribution in [3.8, 4) is 0 Å². The maximum Gasteiger partial charge on any atom is 0.183 e. The van der Waals surface area contributed by atoms with Gasteiger partial charge in [-0.3, -0.25) is 4.79 Å². The van der Waals surface area contributed by atoms with Gasteiger partial charge in [0.15, 0.2) is 5.78 Å². The number of hydrogen-bond donors (Lipinski definition) is 1. The van der Waals surface area contributed by atoms with Crippen LogP contribution >= 0.6 is 0 Å². The molecule has 1 heterocycles. The van der Waals surface area contributed by atoms with E-state index in [1.54, 1.807) is 0 Å². The number of carbonyl (C=O) groups excluding carboxylic acids is 1. The molecule has 1 saturated heterocycles. The third-order valence-corrected chi connectivity index (χ3v) is 2.96. The number of ketones is 1. The topological polar surface area (TPSA) is 52.3 Å². The first kappa shape index (κ1) is 12.1. The van der Waals surface area contributed by atoms with Gasteiger partial charge in [0.25, 0.3) is 0 Å². The Hall–Kier alpha value is -1.33. The van der Waals surface area contributed by atoms with Crippen molar-refractivity contribution in [1.82, 2.24) is 0 Å². The van der Waals surface area contributed by atoms with Gasteiger partial charge in [0, 0.05) is 24.8 Å². The number of halogens is 2. The maximum absolute atomic E-state index is 13.0. The largest absolute Gasteiger partial charge is 0.381 e. The molecule has 0 bridgehead atoms. The lowest BCUT2D eigenvalue weighted by molar-refractivity contribution is 0.0447. The molecule has 1 aromatic rings. The van der Waals surface area contributed by atoms with Crippen molar-refractivity contribution in [3.63, 3.8) is 0 Å². The molecule has 1 aliphatic rings. The highest BCUT2D eigenvalue weighted by Crippen LogP contribution is 2.23. The van der Waals surface area contributed by atoms with Crippen LogP contribution in [0.4, 0.5) is 8.78 Å². The van der Waals surface area contributed by atoms with Gasteiger partial charge in [-0.1, -0.05) is 0 Å². The molecule has 17 heavy (non-hydrogen) atoms. The van der Waals surface area contributed by atoms with Gasteiger partial charge in [-0.15, -0.1) is 0 Å². The zero-order valence-corrected chi connectivity index (χ0v) is 9.21. The van der Waals surface area contributed by atoms with Crippen LogP contribution in [-0.2, 0) is 4.74 Å². The van der Waals surface area contributed by atoms with E-state index in [-0.39, 0.29) is 5.56 Å². The SMILES string of the molecule is NC1(C(=O)c2cc(F)cc(F)c2)CCOCC1. The van der Waals surface area contributed by atoms with E-state index in [4.69, 9.17) is 10.5 Å². The molecule has 0 aliphatic carbocycles. The predicted octanol–water partition coefficient (Wildman–Crippen LogP) is 1.66. The zero-order chi connectivity index (χ0) is 12.5. The fourth-order valence-electron chi connectivity index (χ4n) is 1.94. The smallest absolute Gasteiger partial charge is 0.183 e. The lowest BCUT2D eigenvalue weighted by Gasteiger charge is -2.31.